The zero-order valence-corrected chi connectivity index (χ0v) is 11.7. The Morgan fingerprint density at radius 1 is 1.28 bits per heavy atom. The fourth-order valence-corrected chi connectivity index (χ4v) is 3.54. The number of rotatable bonds is 3. The number of aryl methyl sites for hydroxylation is 1. The van der Waals surface area contributed by atoms with E-state index in [0.29, 0.717) is 19.0 Å². The SMILES string of the molecule is CCS(=O)(=O)N1CCC(c2nccnc2C)CC1. The molecule has 1 aliphatic rings. The van der Waals surface area contributed by atoms with Gasteiger partial charge in [0.2, 0.25) is 10.0 Å². The topological polar surface area (TPSA) is 63.2 Å². The van der Waals surface area contributed by atoms with Crippen molar-refractivity contribution in [2.45, 2.75) is 32.6 Å². The summed E-state index contributed by atoms with van der Waals surface area (Å²) in [6, 6.07) is 0. The van der Waals surface area contributed by atoms with Crippen LogP contribution in [0.4, 0.5) is 0 Å². The Labute approximate surface area is 108 Å². The highest BCUT2D eigenvalue weighted by Gasteiger charge is 2.28. The average Bonchev–Trinajstić information content (AvgIpc) is 2.39. The highest BCUT2D eigenvalue weighted by atomic mass is 32.2. The van der Waals surface area contributed by atoms with Gasteiger partial charge in [-0.05, 0) is 26.7 Å². The second-order valence-corrected chi connectivity index (χ2v) is 6.86. The van der Waals surface area contributed by atoms with Gasteiger partial charge in [-0.2, -0.15) is 0 Å². The molecule has 0 unspecified atom stereocenters. The largest absolute Gasteiger partial charge is 0.258 e. The lowest BCUT2D eigenvalue weighted by molar-refractivity contribution is 0.316. The molecule has 1 aromatic heterocycles. The maximum atomic E-state index is 11.8. The fourth-order valence-electron chi connectivity index (χ4n) is 2.41. The third kappa shape index (κ3) is 2.70. The number of piperidine rings is 1. The van der Waals surface area contributed by atoms with Crippen LogP contribution >= 0.6 is 0 Å². The van der Waals surface area contributed by atoms with Crippen LogP contribution in [-0.4, -0.2) is 41.5 Å². The molecule has 5 nitrogen and oxygen atoms in total. The summed E-state index contributed by atoms with van der Waals surface area (Å²) in [5.41, 5.74) is 1.97. The molecule has 18 heavy (non-hydrogen) atoms. The van der Waals surface area contributed by atoms with Crippen molar-refractivity contribution in [3.05, 3.63) is 23.8 Å². The summed E-state index contributed by atoms with van der Waals surface area (Å²) in [5, 5.41) is 0. The van der Waals surface area contributed by atoms with Crippen LogP contribution < -0.4 is 0 Å². The summed E-state index contributed by atoms with van der Waals surface area (Å²) in [7, 11) is -3.04. The van der Waals surface area contributed by atoms with Gasteiger partial charge < -0.3 is 0 Å². The molecule has 0 aliphatic carbocycles. The van der Waals surface area contributed by atoms with Gasteiger partial charge in [0.25, 0.3) is 0 Å². The summed E-state index contributed by atoms with van der Waals surface area (Å²) < 4.78 is 25.1. The van der Waals surface area contributed by atoms with E-state index in [1.54, 1.807) is 23.6 Å². The predicted molar refractivity (Wildman–Crippen MR) is 69.8 cm³/mol. The Hall–Kier alpha value is -1.01. The van der Waals surface area contributed by atoms with Crippen LogP contribution in [0.5, 0.6) is 0 Å². The molecule has 2 heterocycles. The van der Waals surface area contributed by atoms with Crippen molar-refractivity contribution in [2.24, 2.45) is 0 Å². The molecule has 0 spiro atoms. The first-order valence-corrected chi connectivity index (χ1v) is 7.91. The number of nitrogens with zero attached hydrogens (tertiary/aromatic N) is 3. The van der Waals surface area contributed by atoms with E-state index in [-0.39, 0.29) is 5.75 Å². The highest BCUT2D eigenvalue weighted by molar-refractivity contribution is 7.89. The molecule has 0 bridgehead atoms. The Morgan fingerprint density at radius 2 is 1.89 bits per heavy atom. The first-order chi connectivity index (χ1) is 8.54. The fraction of sp³-hybridized carbons (Fsp3) is 0.667. The van der Waals surface area contributed by atoms with Crippen molar-refractivity contribution < 1.29 is 8.42 Å². The molecule has 0 atom stereocenters. The minimum absolute atomic E-state index is 0.182. The number of aromatic nitrogens is 2. The molecule has 0 saturated carbocycles. The van der Waals surface area contributed by atoms with E-state index in [1.807, 2.05) is 6.92 Å². The standard InChI is InChI=1S/C12H19N3O2S/c1-3-18(16,17)15-8-4-11(5-9-15)12-10(2)13-6-7-14-12/h6-7,11H,3-5,8-9H2,1-2H3. The minimum atomic E-state index is -3.04. The molecule has 1 aliphatic heterocycles. The van der Waals surface area contributed by atoms with Gasteiger partial charge in [0.05, 0.1) is 17.1 Å². The van der Waals surface area contributed by atoms with Crippen molar-refractivity contribution >= 4 is 10.0 Å². The Bertz CT molecular complexity index is 508. The molecule has 0 N–H and O–H groups in total. The normalized spacial score (nSPS) is 19.0. The van der Waals surface area contributed by atoms with Crippen molar-refractivity contribution in [1.29, 1.82) is 0 Å². The smallest absolute Gasteiger partial charge is 0.213 e. The summed E-state index contributed by atoms with van der Waals surface area (Å²) in [4.78, 5) is 8.62. The molecule has 100 valence electrons. The van der Waals surface area contributed by atoms with Crippen LogP contribution in [0.25, 0.3) is 0 Å². The summed E-state index contributed by atoms with van der Waals surface area (Å²) in [6.07, 6.45) is 5.06. The average molecular weight is 269 g/mol. The predicted octanol–water partition coefficient (Wildman–Crippen LogP) is 1.31. The van der Waals surface area contributed by atoms with E-state index in [1.165, 1.54) is 0 Å². The van der Waals surface area contributed by atoms with Gasteiger partial charge in [0, 0.05) is 31.4 Å². The molecule has 1 aromatic rings. The second kappa shape index (κ2) is 5.32. The Kier molecular flexibility index (Phi) is 3.97. The lowest BCUT2D eigenvalue weighted by Crippen LogP contribution is -2.39. The van der Waals surface area contributed by atoms with E-state index < -0.39 is 10.0 Å². The van der Waals surface area contributed by atoms with E-state index >= 15 is 0 Å². The van der Waals surface area contributed by atoms with Gasteiger partial charge in [0.15, 0.2) is 0 Å². The summed E-state index contributed by atoms with van der Waals surface area (Å²) in [6.45, 7) is 4.83. The van der Waals surface area contributed by atoms with Gasteiger partial charge in [-0.15, -0.1) is 0 Å². The lowest BCUT2D eigenvalue weighted by Gasteiger charge is -2.30. The van der Waals surface area contributed by atoms with Crippen LogP contribution in [-0.2, 0) is 10.0 Å². The zero-order valence-electron chi connectivity index (χ0n) is 10.8. The van der Waals surface area contributed by atoms with Crippen LogP contribution in [0.1, 0.15) is 37.1 Å². The van der Waals surface area contributed by atoms with Crippen molar-refractivity contribution in [3.63, 3.8) is 0 Å². The Morgan fingerprint density at radius 3 is 2.44 bits per heavy atom. The van der Waals surface area contributed by atoms with Gasteiger partial charge >= 0.3 is 0 Å². The van der Waals surface area contributed by atoms with Crippen molar-refractivity contribution in [1.82, 2.24) is 14.3 Å². The van der Waals surface area contributed by atoms with Gasteiger partial charge in [-0.1, -0.05) is 0 Å². The maximum Gasteiger partial charge on any atom is 0.213 e. The Balaban J connectivity index is 2.06. The zero-order chi connectivity index (χ0) is 13.2. The molecule has 1 fully saturated rings. The number of hydrogen-bond donors (Lipinski definition) is 0. The molecule has 0 amide bonds. The number of hydrogen-bond acceptors (Lipinski definition) is 4. The summed E-state index contributed by atoms with van der Waals surface area (Å²) >= 11 is 0. The third-order valence-electron chi connectivity index (χ3n) is 3.52. The van der Waals surface area contributed by atoms with Gasteiger partial charge in [-0.3, -0.25) is 9.97 Å². The molecule has 0 aromatic carbocycles. The van der Waals surface area contributed by atoms with Crippen LogP contribution in [0.2, 0.25) is 0 Å². The summed E-state index contributed by atoms with van der Waals surface area (Å²) in [5.74, 6) is 0.518. The maximum absolute atomic E-state index is 11.8. The molecular formula is C12H19N3O2S. The monoisotopic (exact) mass is 269 g/mol. The number of sulfonamides is 1. The van der Waals surface area contributed by atoms with Crippen LogP contribution in [0.15, 0.2) is 12.4 Å². The first kappa shape index (κ1) is 13.4. The minimum Gasteiger partial charge on any atom is -0.258 e. The lowest BCUT2D eigenvalue weighted by atomic mass is 9.93. The molecule has 2 rings (SSSR count). The van der Waals surface area contributed by atoms with E-state index in [0.717, 1.165) is 24.2 Å². The molecule has 6 heteroatoms. The third-order valence-corrected chi connectivity index (χ3v) is 5.40. The van der Waals surface area contributed by atoms with E-state index in [9.17, 15) is 8.42 Å². The van der Waals surface area contributed by atoms with Crippen LogP contribution in [0.3, 0.4) is 0 Å². The van der Waals surface area contributed by atoms with E-state index in [4.69, 9.17) is 0 Å². The van der Waals surface area contributed by atoms with Gasteiger partial charge in [0.1, 0.15) is 0 Å². The molecule has 1 saturated heterocycles. The van der Waals surface area contributed by atoms with Crippen molar-refractivity contribution in [2.75, 3.05) is 18.8 Å². The van der Waals surface area contributed by atoms with Gasteiger partial charge in [-0.25, -0.2) is 12.7 Å². The quantitative estimate of drug-likeness (QED) is 0.830. The second-order valence-electron chi connectivity index (χ2n) is 4.60. The van der Waals surface area contributed by atoms with Crippen LogP contribution in [0, 0.1) is 6.92 Å². The van der Waals surface area contributed by atoms with E-state index in [2.05, 4.69) is 9.97 Å². The molecular weight excluding hydrogens is 250 g/mol. The molecule has 0 radical (unpaired) electrons. The highest BCUT2D eigenvalue weighted by Crippen LogP contribution is 2.28. The van der Waals surface area contributed by atoms with Crippen molar-refractivity contribution in [3.8, 4) is 0 Å². The first-order valence-electron chi connectivity index (χ1n) is 6.30.